The van der Waals surface area contributed by atoms with Gasteiger partial charge in [0.2, 0.25) is 0 Å². The molecule has 2 aromatic carbocycles. The molecule has 5 heteroatoms. The van der Waals surface area contributed by atoms with Gasteiger partial charge in [-0.3, -0.25) is 4.79 Å². The average Bonchev–Trinajstić information content (AvgIpc) is 2.28. The highest BCUT2D eigenvalue weighted by Crippen LogP contribution is 2.31. The van der Waals surface area contributed by atoms with Gasteiger partial charge in [0.15, 0.2) is 0 Å². The molecular formula is C13H9Br2NO2. The molecule has 0 unspecified atom stereocenters. The van der Waals surface area contributed by atoms with Crippen molar-refractivity contribution < 1.29 is 9.90 Å². The zero-order valence-electron chi connectivity index (χ0n) is 9.15. The second-order valence-corrected chi connectivity index (χ2v) is 5.37. The van der Waals surface area contributed by atoms with E-state index in [-0.39, 0.29) is 17.2 Å². The number of phenols is 1. The first kappa shape index (κ1) is 13.1. The molecule has 0 spiro atoms. The lowest BCUT2D eigenvalue weighted by molar-refractivity contribution is 0.102. The van der Waals surface area contributed by atoms with Gasteiger partial charge in [0.25, 0.3) is 5.91 Å². The van der Waals surface area contributed by atoms with E-state index in [4.69, 9.17) is 0 Å². The summed E-state index contributed by atoms with van der Waals surface area (Å²) in [4.78, 5) is 12.1. The van der Waals surface area contributed by atoms with Crippen LogP contribution in [0.4, 0.5) is 5.69 Å². The molecule has 0 aliphatic carbocycles. The SMILES string of the molecule is O=C(Nc1ccccc1)c1c(O)cc(Br)cc1Br. The third-order valence-corrected chi connectivity index (χ3v) is 3.38. The van der Waals surface area contributed by atoms with Crippen molar-refractivity contribution in [1.29, 1.82) is 0 Å². The summed E-state index contributed by atoms with van der Waals surface area (Å²) in [6.45, 7) is 0. The number of phenolic OH excluding ortho intramolecular Hbond substituents is 1. The molecule has 0 radical (unpaired) electrons. The van der Waals surface area contributed by atoms with Crippen molar-refractivity contribution in [3.8, 4) is 5.75 Å². The summed E-state index contributed by atoms with van der Waals surface area (Å²) >= 11 is 6.50. The van der Waals surface area contributed by atoms with Gasteiger partial charge in [-0.1, -0.05) is 34.1 Å². The Morgan fingerprint density at radius 3 is 2.39 bits per heavy atom. The molecule has 0 bridgehead atoms. The first-order chi connectivity index (χ1) is 8.58. The summed E-state index contributed by atoms with van der Waals surface area (Å²) in [6, 6.07) is 12.3. The number of aromatic hydroxyl groups is 1. The van der Waals surface area contributed by atoms with Crippen molar-refractivity contribution in [2.75, 3.05) is 5.32 Å². The van der Waals surface area contributed by atoms with Crippen molar-refractivity contribution >= 4 is 43.5 Å². The van der Waals surface area contributed by atoms with Gasteiger partial charge in [-0.05, 0) is 40.2 Å². The van der Waals surface area contributed by atoms with E-state index in [1.807, 2.05) is 18.2 Å². The Morgan fingerprint density at radius 1 is 1.11 bits per heavy atom. The van der Waals surface area contributed by atoms with E-state index >= 15 is 0 Å². The number of anilines is 1. The van der Waals surface area contributed by atoms with Gasteiger partial charge in [0, 0.05) is 14.6 Å². The molecule has 0 aromatic heterocycles. The third-order valence-electron chi connectivity index (χ3n) is 2.29. The van der Waals surface area contributed by atoms with Crippen LogP contribution in [-0.2, 0) is 0 Å². The number of rotatable bonds is 2. The maximum absolute atomic E-state index is 12.1. The Kier molecular flexibility index (Phi) is 4.04. The predicted molar refractivity (Wildman–Crippen MR) is 77.9 cm³/mol. The maximum atomic E-state index is 12.1. The normalized spacial score (nSPS) is 10.1. The minimum atomic E-state index is -0.363. The molecule has 92 valence electrons. The predicted octanol–water partition coefficient (Wildman–Crippen LogP) is 4.17. The van der Waals surface area contributed by atoms with Crippen LogP contribution in [0.5, 0.6) is 5.75 Å². The summed E-state index contributed by atoms with van der Waals surface area (Å²) in [5.41, 5.74) is 0.888. The minimum absolute atomic E-state index is 0.0790. The Bertz CT molecular complexity index is 562. The number of benzene rings is 2. The van der Waals surface area contributed by atoms with E-state index in [2.05, 4.69) is 37.2 Å². The zero-order valence-corrected chi connectivity index (χ0v) is 12.3. The standard InChI is InChI=1S/C13H9Br2NO2/c14-8-6-10(15)12(11(17)7-8)13(18)16-9-4-2-1-3-5-9/h1-7,17H,(H,16,18). The van der Waals surface area contributed by atoms with Crippen LogP contribution in [0.1, 0.15) is 10.4 Å². The van der Waals surface area contributed by atoms with Crippen molar-refractivity contribution in [2.45, 2.75) is 0 Å². The molecule has 3 nitrogen and oxygen atoms in total. The molecule has 0 fully saturated rings. The summed E-state index contributed by atoms with van der Waals surface area (Å²) in [6.07, 6.45) is 0. The Hall–Kier alpha value is -1.33. The topological polar surface area (TPSA) is 49.3 Å². The first-order valence-electron chi connectivity index (χ1n) is 5.12. The number of nitrogens with one attached hydrogen (secondary N) is 1. The summed E-state index contributed by atoms with van der Waals surface area (Å²) in [7, 11) is 0. The van der Waals surface area contributed by atoms with E-state index in [1.165, 1.54) is 6.07 Å². The van der Waals surface area contributed by atoms with Crippen LogP contribution in [0.3, 0.4) is 0 Å². The molecule has 0 saturated heterocycles. The molecule has 2 rings (SSSR count). The maximum Gasteiger partial charge on any atom is 0.260 e. The number of hydrogen-bond acceptors (Lipinski definition) is 2. The highest BCUT2D eigenvalue weighted by atomic mass is 79.9. The Balaban J connectivity index is 2.30. The van der Waals surface area contributed by atoms with E-state index in [0.29, 0.717) is 14.6 Å². The fourth-order valence-corrected chi connectivity index (χ4v) is 2.88. The molecule has 0 heterocycles. The molecule has 2 N–H and O–H groups in total. The number of amides is 1. The van der Waals surface area contributed by atoms with E-state index < -0.39 is 0 Å². The van der Waals surface area contributed by atoms with Gasteiger partial charge in [-0.25, -0.2) is 0 Å². The fraction of sp³-hybridized carbons (Fsp3) is 0. The molecule has 0 aliphatic heterocycles. The molecule has 0 saturated carbocycles. The van der Waals surface area contributed by atoms with Crippen LogP contribution in [-0.4, -0.2) is 11.0 Å². The van der Waals surface area contributed by atoms with Crippen molar-refractivity contribution in [3.63, 3.8) is 0 Å². The Labute approximate surface area is 121 Å². The molecule has 2 aromatic rings. The quantitative estimate of drug-likeness (QED) is 0.833. The lowest BCUT2D eigenvalue weighted by atomic mass is 10.2. The van der Waals surface area contributed by atoms with E-state index in [0.717, 1.165) is 0 Å². The summed E-state index contributed by atoms with van der Waals surface area (Å²) < 4.78 is 1.23. The lowest BCUT2D eigenvalue weighted by Gasteiger charge is -2.09. The second kappa shape index (κ2) is 5.54. The summed E-state index contributed by atoms with van der Waals surface area (Å²) in [5.74, 6) is -0.442. The van der Waals surface area contributed by atoms with Gasteiger partial charge in [-0.15, -0.1) is 0 Å². The molecule has 0 atom stereocenters. The smallest absolute Gasteiger partial charge is 0.260 e. The van der Waals surface area contributed by atoms with Crippen molar-refractivity contribution in [3.05, 3.63) is 57.0 Å². The van der Waals surface area contributed by atoms with Gasteiger partial charge in [-0.2, -0.15) is 0 Å². The number of halogens is 2. The number of hydrogen-bond donors (Lipinski definition) is 2. The molecule has 1 amide bonds. The van der Waals surface area contributed by atoms with Gasteiger partial charge in [0.05, 0.1) is 5.56 Å². The minimum Gasteiger partial charge on any atom is -0.507 e. The Morgan fingerprint density at radius 2 is 1.78 bits per heavy atom. The van der Waals surface area contributed by atoms with Crippen molar-refractivity contribution in [2.24, 2.45) is 0 Å². The highest BCUT2D eigenvalue weighted by Gasteiger charge is 2.16. The first-order valence-corrected chi connectivity index (χ1v) is 6.71. The van der Waals surface area contributed by atoms with E-state index in [9.17, 15) is 9.90 Å². The van der Waals surface area contributed by atoms with Crippen LogP contribution in [0.2, 0.25) is 0 Å². The number of para-hydroxylation sites is 1. The van der Waals surface area contributed by atoms with Gasteiger partial charge in [0.1, 0.15) is 5.75 Å². The fourth-order valence-electron chi connectivity index (χ4n) is 1.50. The van der Waals surface area contributed by atoms with Crippen LogP contribution in [0.25, 0.3) is 0 Å². The zero-order chi connectivity index (χ0) is 13.1. The number of carbonyl (C=O) groups is 1. The largest absolute Gasteiger partial charge is 0.507 e. The summed E-state index contributed by atoms with van der Waals surface area (Å²) in [5, 5.41) is 12.5. The molecular weight excluding hydrogens is 362 g/mol. The van der Waals surface area contributed by atoms with Crippen molar-refractivity contribution in [1.82, 2.24) is 0 Å². The molecule has 18 heavy (non-hydrogen) atoms. The van der Waals surface area contributed by atoms with Crippen LogP contribution < -0.4 is 5.32 Å². The van der Waals surface area contributed by atoms with Gasteiger partial charge < -0.3 is 10.4 Å². The van der Waals surface area contributed by atoms with Crippen LogP contribution in [0.15, 0.2) is 51.4 Å². The lowest BCUT2D eigenvalue weighted by Crippen LogP contribution is -2.12. The van der Waals surface area contributed by atoms with E-state index in [1.54, 1.807) is 18.2 Å². The second-order valence-electron chi connectivity index (χ2n) is 3.60. The van der Waals surface area contributed by atoms with Crippen LogP contribution in [0, 0.1) is 0 Å². The van der Waals surface area contributed by atoms with Gasteiger partial charge >= 0.3 is 0 Å². The third kappa shape index (κ3) is 2.91. The molecule has 0 aliphatic rings. The monoisotopic (exact) mass is 369 g/mol. The highest BCUT2D eigenvalue weighted by molar-refractivity contribution is 9.11. The number of carbonyl (C=O) groups excluding carboxylic acids is 1. The van der Waals surface area contributed by atoms with Crippen LogP contribution >= 0.6 is 31.9 Å². The average molecular weight is 371 g/mol.